The lowest BCUT2D eigenvalue weighted by Gasteiger charge is -2.24. The maximum absolute atomic E-state index is 13.1. The Morgan fingerprint density at radius 2 is 1.15 bits per heavy atom. The van der Waals surface area contributed by atoms with Gasteiger partial charge in [0.05, 0.1) is 22.3 Å². The van der Waals surface area contributed by atoms with Gasteiger partial charge in [0.15, 0.2) is 0 Å². The Kier molecular flexibility index (Phi) is 9.05. The van der Waals surface area contributed by atoms with E-state index in [0.717, 1.165) is 29.8 Å². The molecule has 0 unspecified atom stereocenters. The van der Waals surface area contributed by atoms with Gasteiger partial charge in [-0.3, -0.25) is 4.79 Å². The minimum absolute atomic E-state index is 0.0778. The standard InChI is InChI=1S/C27H19F6NO7/c1-14-8-10-19(11-9-14)34-22(35)20(40-24(38)15-4-2-6-17(12-15)26(28,29)30)21(23(36)37)41-25(39)16-5-3-7-18(13-16)27(31,32)33/h2-13,20-21H,1H3,(H,34,35)(H,36,37)/t20-,21-/m1/s1. The molecule has 216 valence electrons. The Bertz CT molecular complexity index is 1450. The summed E-state index contributed by atoms with van der Waals surface area (Å²) in [5, 5.41) is 12.0. The van der Waals surface area contributed by atoms with E-state index in [9.17, 15) is 50.6 Å². The quantitative estimate of drug-likeness (QED) is 0.265. The molecule has 8 nitrogen and oxygen atoms in total. The van der Waals surface area contributed by atoms with Crippen molar-refractivity contribution in [2.24, 2.45) is 0 Å². The number of carbonyl (C=O) groups is 4. The summed E-state index contributed by atoms with van der Waals surface area (Å²) in [5.41, 5.74) is -3.13. The molecular formula is C27H19F6NO7. The van der Waals surface area contributed by atoms with Gasteiger partial charge in [0.1, 0.15) is 0 Å². The van der Waals surface area contributed by atoms with Gasteiger partial charge in [0, 0.05) is 5.69 Å². The van der Waals surface area contributed by atoms with E-state index < -0.39 is 70.6 Å². The van der Waals surface area contributed by atoms with Crippen LogP contribution in [-0.4, -0.2) is 41.1 Å². The van der Waals surface area contributed by atoms with Crippen LogP contribution >= 0.6 is 0 Å². The number of anilines is 1. The fourth-order valence-electron chi connectivity index (χ4n) is 3.36. The van der Waals surface area contributed by atoms with E-state index in [-0.39, 0.29) is 5.69 Å². The van der Waals surface area contributed by atoms with Crippen LogP contribution < -0.4 is 5.32 Å². The number of esters is 2. The number of carbonyl (C=O) groups excluding carboxylic acids is 3. The number of carboxylic acids is 1. The lowest BCUT2D eigenvalue weighted by atomic mass is 10.1. The summed E-state index contributed by atoms with van der Waals surface area (Å²) in [4.78, 5) is 50.5. The third kappa shape index (κ3) is 8.06. The molecule has 0 aliphatic rings. The van der Waals surface area contributed by atoms with E-state index in [4.69, 9.17) is 9.47 Å². The maximum atomic E-state index is 13.1. The first-order valence-electron chi connectivity index (χ1n) is 11.4. The van der Waals surface area contributed by atoms with Gasteiger partial charge < -0.3 is 19.9 Å². The van der Waals surface area contributed by atoms with E-state index in [1.54, 1.807) is 19.1 Å². The molecule has 0 radical (unpaired) electrons. The summed E-state index contributed by atoms with van der Waals surface area (Å²) in [6.07, 6.45) is -14.8. The molecule has 0 saturated heterocycles. The average Bonchev–Trinajstić information content (AvgIpc) is 2.90. The van der Waals surface area contributed by atoms with Crippen molar-refractivity contribution in [3.8, 4) is 0 Å². The molecule has 0 saturated carbocycles. The van der Waals surface area contributed by atoms with Crippen LogP contribution in [0, 0.1) is 6.92 Å². The highest BCUT2D eigenvalue weighted by atomic mass is 19.4. The van der Waals surface area contributed by atoms with Gasteiger partial charge in [-0.2, -0.15) is 26.3 Å². The predicted octanol–water partition coefficient (Wildman–Crippen LogP) is 5.51. The fourth-order valence-corrected chi connectivity index (χ4v) is 3.36. The maximum Gasteiger partial charge on any atom is 0.416 e. The number of ether oxygens (including phenoxy) is 2. The smallest absolute Gasteiger partial charge is 0.416 e. The van der Waals surface area contributed by atoms with Gasteiger partial charge in [0.2, 0.25) is 12.2 Å². The van der Waals surface area contributed by atoms with Crippen LogP contribution in [0.15, 0.2) is 72.8 Å². The molecule has 2 atom stereocenters. The Balaban J connectivity index is 1.96. The molecule has 0 bridgehead atoms. The minimum Gasteiger partial charge on any atom is -0.478 e. The highest BCUT2D eigenvalue weighted by molar-refractivity contribution is 6.01. The largest absolute Gasteiger partial charge is 0.478 e. The second-order valence-electron chi connectivity index (χ2n) is 8.50. The molecule has 41 heavy (non-hydrogen) atoms. The third-order valence-corrected chi connectivity index (χ3v) is 5.42. The van der Waals surface area contributed by atoms with Crippen molar-refractivity contribution in [1.29, 1.82) is 0 Å². The van der Waals surface area contributed by atoms with Crippen LogP contribution in [0.5, 0.6) is 0 Å². The number of aliphatic carboxylic acids is 1. The first kappa shape index (κ1) is 30.7. The number of carboxylic acid groups (broad SMARTS) is 1. The predicted molar refractivity (Wildman–Crippen MR) is 129 cm³/mol. The van der Waals surface area contributed by atoms with Gasteiger partial charge in [0.25, 0.3) is 5.91 Å². The molecule has 0 aromatic heterocycles. The molecule has 1 amide bonds. The normalized spacial score (nSPS) is 13.0. The van der Waals surface area contributed by atoms with Crippen molar-refractivity contribution in [3.63, 3.8) is 0 Å². The topological polar surface area (TPSA) is 119 Å². The SMILES string of the molecule is Cc1ccc(NC(=O)[C@H](OC(=O)c2cccc(C(F)(F)F)c2)[C@@H](OC(=O)c2cccc(C(F)(F)F)c2)C(=O)O)cc1. The van der Waals surface area contributed by atoms with Gasteiger partial charge in [-0.05, 0) is 55.5 Å². The highest BCUT2D eigenvalue weighted by Crippen LogP contribution is 2.31. The Hall–Kier alpha value is -4.88. The van der Waals surface area contributed by atoms with E-state index >= 15 is 0 Å². The van der Waals surface area contributed by atoms with Crippen LogP contribution in [0.4, 0.5) is 32.0 Å². The second-order valence-corrected chi connectivity index (χ2v) is 8.50. The summed E-state index contributed by atoms with van der Waals surface area (Å²) in [7, 11) is 0. The molecule has 3 aromatic carbocycles. The highest BCUT2D eigenvalue weighted by Gasteiger charge is 2.42. The van der Waals surface area contributed by atoms with Crippen LogP contribution in [0.25, 0.3) is 0 Å². The lowest BCUT2D eigenvalue weighted by Crippen LogP contribution is -2.48. The van der Waals surface area contributed by atoms with Crippen molar-refractivity contribution in [2.45, 2.75) is 31.5 Å². The number of nitrogens with one attached hydrogen (secondary N) is 1. The lowest BCUT2D eigenvalue weighted by molar-refractivity contribution is -0.157. The number of rotatable bonds is 8. The van der Waals surface area contributed by atoms with Crippen molar-refractivity contribution in [3.05, 3.63) is 101 Å². The zero-order valence-corrected chi connectivity index (χ0v) is 20.7. The molecule has 2 N–H and O–H groups in total. The number of benzene rings is 3. The first-order chi connectivity index (χ1) is 19.1. The fraction of sp³-hybridized carbons (Fsp3) is 0.185. The Labute approximate surface area is 227 Å². The molecule has 0 heterocycles. The van der Waals surface area contributed by atoms with Gasteiger partial charge in [-0.25, -0.2) is 14.4 Å². The number of aryl methyl sites for hydroxylation is 1. The monoisotopic (exact) mass is 583 g/mol. The second kappa shape index (κ2) is 12.1. The van der Waals surface area contributed by atoms with Crippen molar-refractivity contribution < 1.29 is 60.1 Å². The molecule has 0 aliphatic heterocycles. The minimum atomic E-state index is -4.86. The van der Waals surface area contributed by atoms with Crippen molar-refractivity contribution in [1.82, 2.24) is 0 Å². The summed E-state index contributed by atoms with van der Waals surface area (Å²) < 4.78 is 88.3. The van der Waals surface area contributed by atoms with Crippen LogP contribution in [0.1, 0.15) is 37.4 Å². The van der Waals surface area contributed by atoms with Gasteiger partial charge in [-0.15, -0.1) is 0 Å². The average molecular weight is 583 g/mol. The Morgan fingerprint density at radius 3 is 1.56 bits per heavy atom. The van der Waals surface area contributed by atoms with Gasteiger partial charge in [-0.1, -0.05) is 29.8 Å². The molecule has 3 rings (SSSR count). The van der Waals surface area contributed by atoms with Gasteiger partial charge >= 0.3 is 30.3 Å². The van der Waals surface area contributed by atoms with Crippen LogP contribution in [0.3, 0.4) is 0 Å². The Morgan fingerprint density at radius 1 is 0.707 bits per heavy atom. The molecule has 0 aliphatic carbocycles. The zero-order valence-electron chi connectivity index (χ0n) is 20.7. The summed E-state index contributed by atoms with van der Waals surface area (Å²) >= 11 is 0. The van der Waals surface area contributed by atoms with Crippen LogP contribution in [0.2, 0.25) is 0 Å². The first-order valence-corrected chi connectivity index (χ1v) is 11.4. The number of hydrogen-bond acceptors (Lipinski definition) is 6. The number of halogens is 6. The molecule has 0 fully saturated rings. The van der Waals surface area contributed by atoms with E-state index in [1.165, 1.54) is 12.1 Å². The summed E-state index contributed by atoms with van der Waals surface area (Å²) in [5.74, 6) is -6.61. The van der Waals surface area contributed by atoms with Crippen LogP contribution in [-0.2, 0) is 31.4 Å². The van der Waals surface area contributed by atoms with Crippen molar-refractivity contribution >= 4 is 29.5 Å². The number of amides is 1. The summed E-state index contributed by atoms with van der Waals surface area (Å²) in [6, 6.07) is 11.4. The zero-order chi connectivity index (χ0) is 30.5. The number of alkyl halides is 6. The third-order valence-electron chi connectivity index (χ3n) is 5.42. The molecule has 0 spiro atoms. The molecular weight excluding hydrogens is 564 g/mol. The summed E-state index contributed by atoms with van der Waals surface area (Å²) in [6.45, 7) is 1.72. The van der Waals surface area contributed by atoms with E-state index in [0.29, 0.717) is 24.3 Å². The molecule has 14 heteroatoms. The number of hydrogen-bond donors (Lipinski definition) is 2. The molecule has 3 aromatic rings. The van der Waals surface area contributed by atoms with Crippen molar-refractivity contribution in [2.75, 3.05) is 5.32 Å². The van der Waals surface area contributed by atoms with E-state index in [1.807, 2.05) is 0 Å². The van der Waals surface area contributed by atoms with E-state index in [2.05, 4.69) is 5.32 Å².